The Balaban J connectivity index is 2.05. The Morgan fingerprint density at radius 1 is 1.44 bits per heavy atom. The van der Waals surface area contributed by atoms with Crippen molar-refractivity contribution < 1.29 is 14.6 Å². The number of likely N-dealkylation sites (tertiary alicyclic amines) is 1. The second kappa shape index (κ2) is 6.58. The van der Waals surface area contributed by atoms with E-state index in [1.165, 1.54) is 0 Å². The number of ketones is 1. The van der Waals surface area contributed by atoms with Crippen LogP contribution in [0.3, 0.4) is 0 Å². The van der Waals surface area contributed by atoms with Gasteiger partial charge in [0.25, 0.3) is 0 Å². The number of hydrogen-bond donors (Lipinski definition) is 1. The Labute approximate surface area is 147 Å². The van der Waals surface area contributed by atoms with Crippen LogP contribution in [0.25, 0.3) is 5.70 Å². The molecule has 1 aliphatic carbocycles. The molecule has 1 aromatic rings. The largest absolute Gasteiger partial charge is 0.387 e. The van der Waals surface area contributed by atoms with E-state index < -0.39 is 6.10 Å². The molecule has 2 aliphatic rings. The number of Topliss-reactive ketones (excluding diaryl/α,β-unsaturated/α-hetero) is 1. The molecule has 1 aromatic heterocycles. The van der Waals surface area contributed by atoms with Crippen molar-refractivity contribution in [3.05, 3.63) is 34.7 Å². The van der Waals surface area contributed by atoms with Crippen LogP contribution in [0.4, 0.5) is 0 Å². The molecule has 2 heterocycles. The van der Waals surface area contributed by atoms with Crippen LogP contribution < -0.4 is 0 Å². The first-order valence-electron chi connectivity index (χ1n) is 8.53. The predicted octanol–water partition coefficient (Wildman–Crippen LogP) is 2.00. The molecule has 6 nitrogen and oxygen atoms in total. The second-order valence-electron chi connectivity index (χ2n) is 7.02. The summed E-state index contributed by atoms with van der Waals surface area (Å²) >= 11 is 0. The maximum atomic E-state index is 12.4. The summed E-state index contributed by atoms with van der Waals surface area (Å²) < 4.78 is 5.59. The van der Waals surface area contributed by atoms with Gasteiger partial charge in [0.2, 0.25) is 0 Å². The van der Waals surface area contributed by atoms with Gasteiger partial charge in [-0.25, -0.2) is 0 Å². The fraction of sp³-hybridized carbons (Fsp3) is 0.526. The third-order valence-corrected chi connectivity index (χ3v) is 5.30. The summed E-state index contributed by atoms with van der Waals surface area (Å²) in [5, 5.41) is 19.4. The molecule has 132 valence electrons. The number of allylic oxidation sites excluding steroid dienone is 1. The van der Waals surface area contributed by atoms with Crippen LogP contribution in [0, 0.1) is 11.3 Å². The van der Waals surface area contributed by atoms with Crippen LogP contribution in [-0.2, 0) is 16.0 Å². The van der Waals surface area contributed by atoms with Gasteiger partial charge in [-0.05, 0) is 38.3 Å². The van der Waals surface area contributed by atoms with Gasteiger partial charge in [-0.1, -0.05) is 0 Å². The minimum atomic E-state index is -0.701. The number of carbonyl (C=O) groups excluding carboxylic acids is 1. The standard InChI is InChI=1S/C19H23N3O3/c1-12(23)16-9-14-13(11-21-16)8-17(24)15(10-20)18(14)22-6-4-19(2,25-3)5-7-22/h9,11-12,23H,4-8H2,1-3H3. The Bertz CT molecular complexity index is 769. The van der Waals surface area contributed by atoms with Crippen LogP contribution in [0.5, 0.6) is 0 Å². The molecular formula is C19H23N3O3. The normalized spacial score (nSPS) is 20.9. The lowest BCUT2D eigenvalue weighted by atomic mass is 9.86. The highest BCUT2D eigenvalue weighted by molar-refractivity contribution is 6.09. The SMILES string of the molecule is COC1(C)CCN(C2=C(C#N)C(=O)Cc3cnc(C(C)O)cc32)CC1. The molecule has 6 heteroatoms. The van der Waals surface area contributed by atoms with Gasteiger partial charge in [0.15, 0.2) is 5.78 Å². The number of rotatable bonds is 3. The van der Waals surface area contributed by atoms with E-state index in [0.29, 0.717) is 24.5 Å². The quantitative estimate of drug-likeness (QED) is 0.905. The predicted molar refractivity (Wildman–Crippen MR) is 92.3 cm³/mol. The first-order valence-corrected chi connectivity index (χ1v) is 8.53. The molecule has 0 amide bonds. The highest BCUT2D eigenvalue weighted by atomic mass is 16.5. The van der Waals surface area contributed by atoms with E-state index in [4.69, 9.17) is 4.74 Å². The van der Waals surface area contributed by atoms with E-state index >= 15 is 0 Å². The molecule has 25 heavy (non-hydrogen) atoms. The third kappa shape index (κ3) is 3.17. The number of aromatic nitrogens is 1. The van der Waals surface area contributed by atoms with Gasteiger partial charge < -0.3 is 14.7 Å². The fourth-order valence-corrected chi connectivity index (χ4v) is 3.47. The molecule has 1 saturated heterocycles. The van der Waals surface area contributed by atoms with Crippen molar-refractivity contribution in [3.63, 3.8) is 0 Å². The average molecular weight is 341 g/mol. The van der Waals surface area contributed by atoms with Crippen molar-refractivity contribution in [2.75, 3.05) is 20.2 Å². The van der Waals surface area contributed by atoms with Crippen LogP contribution in [-0.4, -0.2) is 46.6 Å². The van der Waals surface area contributed by atoms with Crippen LogP contribution >= 0.6 is 0 Å². The summed E-state index contributed by atoms with van der Waals surface area (Å²) in [4.78, 5) is 18.8. The third-order valence-electron chi connectivity index (χ3n) is 5.30. The van der Waals surface area contributed by atoms with Crippen molar-refractivity contribution in [1.82, 2.24) is 9.88 Å². The molecule has 0 spiro atoms. The lowest BCUT2D eigenvalue weighted by molar-refractivity contribution is -0.114. The molecule has 0 radical (unpaired) electrons. The number of methoxy groups -OCH3 is 1. The number of piperidine rings is 1. The molecule has 1 N–H and O–H groups in total. The zero-order valence-electron chi connectivity index (χ0n) is 14.9. The van der Waals surface area contributed by atoms with Crippen molar-refractivity contribution in [3.8, 4) is 6.07 Å². The number of aliphatic hydroxyl groups excluding tert-OH is 1. The highest BCUT2D eigenvalue weighted by Crippen LogP contribution is 2.36. The molecule has 1 unspecified atom stereocenters. The first kappa shape index (κ1) is 17.6. The molecule has 3 rings (SSSR count). The second-order valence-corrected chi connectivity index (χ2v) is 7.02. The zero-order valence-corrected chi connectivity index (χ0v) is 14.9. The number of carbonyl (C=O) groups is 1. The number of pyridine rings is 1. The van der Waals surface area contributed by atoms with Gasteiger partial charge in [-0.2, -0.15) is 5.26 Å². The maximum Gasteiger partial charge on any atom is 0.179 e. The summed E-state index contributed by atoms with van der Waals surface area (Å²) in [5.74, 6) is -0.170. The molecule has 1 fully saturated rings. The molecule has 0 aromatic carbocycles. The lowest BCUT2D eigenvalue weighted by Gasteiger charge is -2.41. The van der Waals surface area contributed by atoms with E-state index in [1.807, 2.05) is 6.07 Å². The molecule has 1 atom stereocenters. The summed E-state index contributed by atoms with van der Waals surface area (Å²) in [7, 11) is 1.72. The smallest absolute Gasteiger partial charge is 0.179 e. The van der Waals surface area contributed by atoms with E-state index in [2.05, 4.69) is 22.9 Å². The maximum absolute atomic E-state index is 12.4. The van der Waals surface area contributed by atoms with Gasteiger partial charge in [0, 0.05) is 38.4 Å². The minimum absolute atomic E-state index is 0.170. The van der Waals surface area contributed by atoms with E-state index in [-0.39, 0.29) is 23.4 Å². The number of aliphatic hydroxyl groups is 1. The monoisotopic (exact) mass is 341 g/mol. The topological polar surface area (TPSA) is 86.5 Å². The molecule has 0 saturated carbocycles. The number of nitrogens with zero attached hydrogens (tertiary/aromatic N) is 3. The van der Waals surface area contributed by atoms with Crippen molar-refractivity contribution in [1.29, 1.82) is 5.26 Å². The Hall–Kier alpha value is -2.23. The van der Waals surface area contributed by atoms with Gasteiger partial charge >= 0.3 is 0 Å². The zero-order chi connectivity index (χ0) is 18.2. The molecule has 0 bridgehead atoms. The number of ether oxygens (including phenoxy) is 1. The van der Waals surface area contributed by atoms with Gasteiger partial charge in [-0.3, -0.25) is 9.78 Å². The fourth-order valence-electron chi connectivity index (χ4n) is 3.47. The Morgan fingerprint density at radius 2 is 2.12 bits per heavy atom. The first-order chi connectivity index (χ1) is 11.9. The van der Waals surface area contributed by atoms with Crippen molar-refractivity contribution in [2.24, 2.45) is 0 Å². The van der Waals surface area contributed by atoms with Crippen LogP contribution in [0.2, 0.25) is 0 Å². The van der Waals surface area contributed by atoms with Gasteiger partial charge in [0.1, 0.15) is 11.6 Å². The number of nitriles is 1. The van der Waals surface area contributed by atoms with E-state index in [9.17, 15) is 15.2 Å². The average Bonchev–Trinajstić information content (AvgIpc) is 2.61. The molecule has 1 aliphatic heterocycles. The summed E-state index contributed by atoms with van der Waals surface area (Å²) in [6.45, 7) is 5.16. The Kier molecular flexibility index (Phi) is 4.63. The summed E-state index contributed by atoms with van der Waals surface area (Å²) in [5.41, 5.74) is 2.90. The van der Waals surface area contributed by atoms with Crippen molar-refractivity contribution >= 4 is 11.5 Å². The van der Waals surface area contributed by atoms with Gasteiger partial charge in [0.05, 0.1) is 23.1 Å². The van der Waals surface area contributed by atoms with Crippen LogP contribution in [0.1, 0.15) is 49.6 Å². The summed E-state index contributed by atoms with van der Waals surface area (Å²) in [6, 6.07) is 3.91. The Morgan fingerprint density at radius 3 is 2.68 bits per heavy atom. The summed E-state index contributed by atoms with van der Waals surface area (Å²) in [6.07, 6.45) is 2.77. The van der Waals surface area contributed by atoms with E-state index in [0.717, 1.165) is 24.0 Å². The number of hydrogen-bond acceptors (Lipinski definition) is 6. The van der Waals surface area contributed by atoms with Crippen molar-refractivity contribution in [2.45, 2.75) is 44.8 Å². The van der Waals surface area contributed by atoms with Gasteiger partial charge in [-0.15, -0.1) is 0 Å². The van der Waals surface area contributed by atoms with Crippen LogP contribution in [0.15, 0.2) is 17.8 Å². The minimum Gasteiger partial charge on any atom is -0.387 e. The highest BCUT2D eigenvalue weighted by Gasteiger charge is 2.35. The lowest BCUT2D eigenvalue weighted by Crippen LogP contribution is -2.43. The number of fused-ring (bicyclic) bond motifs is 1. The van der Waals surface area contributed by atoms with E-state index in [1.54, 1.807) is 20.2 Å². The molecular weight excluding hydrogens is 318 g/mol.